The molecule has 2 unspecified atom stereocenters. The fourth-order valence-corrected chi connectivity index (χ4v) is 2.56. The molecule has 0 nitrogen and oxygen atoms in total. The first-order valence-corrected chi connectivity index (χ1v) is 5.69. The summed E-state index contributed by atoms with van der Waals surface area (Å²) in [6.45, 7) is 2.05. The summed E-state index contributed by atoms with van der Waals surface area (Å²) in [6, 6.07) is 9.27. The summed E-state index contributed by atoms with van der Waals surface area (Å²) in [4.78, 5) is 0.396. The second-order valence-electron chi connectivity index (χ2n) is 3.41. The SMILES string of the molecule is CC=CC(Br)C1C=Cc2c[c]ccc21. The molecule has 2 atom stereocenters. The molecule has 0 amide bonds. The summed E-state index contributed by atoms with van der Waals surface area (Å²) in [5.41, 5.74) is 2.69. The van der Waals surface area contributed by atoms with Gasteiger partial charge in [0.05, 0.1) is 0 Å². The molecule has 1 radical (unpaired) electrons. The number of rotatable bonds is 2. The Hall–Kier alpha value is -0.820. The average molecular weight is 248 g/mol. The Kier molecular flexibility index (Phi) is 2.87. The molecule has 1 heteroatoms. The molecule has 0 saturated heterocycles. The van der Waals surface area contributed by atoms with Crippen molar-refractivity contribution in [1.82, 2.24) is 0 Å². The summed E-state index contributed by atoms with van der Waals surface area (Å²) < 4.78 is 0. The van der Waals surface area contributed by atoms with Crippen LogP contribution in [0.4, 0.5) is 0 Å². The van der Waals surface area contributed by atoms with Crippen molar-refractivity contribution in [2.45, 2.75) is 17.7 Å². The van der Waals surface area contributed by atoms with Crippen molar-refractivity contribution in [2.75, 3.05) is 0 Å². The number of hydrogen-bond donors (Lipinski definition) is 0. The maximum atomic E-state index is 3.69. The van der Waals surface area contributed by atoms with Gasteiger partial charge in [-0.15, -0.1) is 0 Å². The van der Waals surface area contributed by atoms with Gasteiger partial charge in [-0.05, 0) is 30.2 Å². The molecule has 71 valence electrons. The highest BCUT2D eigenvalue weighted by Gasteiger charge is 2.21. The van der Waals surface area contributed by atoms with Crippen molar-refractivity contribution in [2.24, 2.45) is 0 Å². The molecule has 1 aromatic rings. The topological polar surface area (TPSA) is 0 Å². The fourth-order valence-electron chi connectivity index (χ4n) is 1.80. The quantitative estimate of drug-likeness (QED) is 0.549. The van der Waals surface area contributed by atoms with Gasteiger partial charge in [0.2, 0.25) is 0 Å². The van der Waals surface area contributed by atoms with Gasteiger partial charge in [-0.25, -0.2) is 0 Å². The van der Waals surface area contributed by atoms with Crippen molar-refractivity contribution in [3.8, 4) is 0 Å². The van der Waals surface area contributed by atoms with Crippen LogP contribution in [-0.4, -0.2) is 4.83 Å². The number of allylic oxidation sites excluding steroid dienone is 3. The summed E-state index contributed by atoms with van der Waals surface area (Å²) in [5, 5.41) is 0. The average Bonchev–Trinajstić information content (AvgIpc) is 2.61. The Bertz CT molecular complexity index is 377. The van der Waals surface area contributed by atoms with E-state index >= 15 is 0 Å². The Morgan fingerprint density at radius 3 is 3.21 bits per heavy atom. The Labute approximate surface area is 93.5 Å². The van der Waals surface area contributed by atoms with Gasteiger partial charge in [-0.3, -0.25) is 0 Å². The lowest BCUT2D eigenvalue weighted by molar-refractivity contribution is 0.908. The molecule has 1 aromatic carbocycles. The van der Waals surface area contributed by atoms with E-state index in [1.54, 1.807) is 0 Å². The minimum absolute atomic E-state index is 0.396. The zero-order valence-corrected chi connectivity index (χ0v) is 9.66. The molecular weight excluding hydrogens is 236 g/mol. The second-order valence-corrected chi connectivity index (χ2v) is 4.47. The Balaban J connectivity index is 2.30. The summed E-state index contributed by atoms with van der Waals surface area (Å²) in [7, 11) is 0. The maximum absolute atomic E-state index is 3.69. The number of halogens is 1. The lowest BCUT2D eigenvalue weighted by Gasteiger charge is -2.14. The van der Waals surface area contributed by atoms with Crippen LogP contribution in [0.5, 0.6) is 0 Å². The van der Waals surface area contributed by atoms with E-state index in [4.69, 9.17) is 0 Å². The molecule has 0 saturated carbocycles. The Morgan fingerprint density at radius 2 is 2.43 bits per heavy atom. The summed E-state index contributed by atoms with van der Waals surface area (Å²) in [6.07, 6.45) is 8.69. The van der Waals surface area contributed by atoms with Crippen LogP contribution >= 0.6 is 15.9 Å². The minimum Gasteiger partial charge on any atom is -0.0905 e. The molecule has 1 aliphatic carbocycles. The fraction of sp³-hybridized carbons (Fsp3) is 0.231. The first-order valence-electron chi connectivity index (χ1n) is 4.78. The Morgan fingerprint density at radius 1 is 1.57 bits per heavy atom. The van der Waals surface area contributed by atoms with Crippen LogP contribution in [0.2, 0.25) is 0 Å². The van der Waals surface area contributed by atoms with E-state index in [1.807, 2.05) is 19.1 Å². The predicted octanol–water partition coefficient (Wildman–Crippen LogP) is 3.94. The van der Waals surface area contributed by atoms with E-state index in [9.17, 15) is 0 Å². The third-order valence-corrected chi connectivity index (χ3v) is 3.37. The normalized spacial score (nSPS) is 21.4. The predicted molar refractivity (Wildman–Crippen MR) is 64.6 cm³/mol. The molecule has 0 N–H and O–H groups in total. The first-order chi connectivity index (χ1) is 6.83. The van der Waals surface area contributed by atoms with Crippen LogP contribution in [0.15, 0.2) is 36.4 Å². The molecule has 1 aliphatic rings. The molecule has 0 bridgehead atoms. The van der Waals surface area contributed by atoms with Crippen molar-refractivity contribution in [1.29, 1.82) is 0 Å². The summed E-state index contributed by atoms with van der Waals surface area (Å²) >= 11 is 3.69. The second kappa shape index (κ2) is 4.14. The zero-order valence-electron chi connectivity index (χ0n) is 8.07. The molecular formula is C13H12Br. The van der Waals surface area contributed by atoms with Crippen LogP contribution in [0.1, 0.15) is 24.0 Å². The van der Waals surface area contributed by atoms with Gasteiger partial charge in [0.15, 0.2) is 0 Å². The molecule has 0 fully saturated rings. The summed E-state index contributed by atoms with van der Waals surface area (Å²) in [5.74, 6) is 0.468. The number of benzene rings is 1. The lowest BCUT2D eigenvalue weighted by atomic mass is 9.97. The lowest BCUT2D eigenvalue weighted by Crippen LogP contribution is -2.05. The minimum atomic E-state index is 0.396. The van der Waals surface area contributed by atoms with E-state index in [2.05, 4.69) is 52.4 Å². The molecule has 0 aromatic heterocycles. The van der Waals surface area contributed by atoms with Crippen LogP contribution < -0.4 is 0 Å². The number of alkyl halides is 1. The third-order valence-electron chi connectivity index (χ3n) is 2.49. The largest absolute Gasteiger partial charge is 0.0905 e. The van der Waals surface area contributed by atoms with Gasteiger partial charge >= 0.3 is 0 Å². The van der Waals surface area contributed by atoms with Gasteiger partial charge in [0.1, 0.15) is 0 Å². The van der Waals surface area contributed by atoms with Crippen LogP contribution in [0.3, 0.4) is 0 Å². The molecule has 0 spiro atoms. The third kappa shape index (κ3) is 1.69. The zero-order chi connectivity index (χ0) is 9.97. The van der Waals surface area contributed by atoms with Gasteiger partial charge in [0, 0.05) is 10.7 Å². The van der Waals surface area contributed by atoms with Gasteiger partial charge in [0.25, 0.3) is 0 Å². The van der Waals surface area contributed by atoms with Gasteiger partial charge in [-0.2, -0.15) is 0 Å². The van der Waals surface area contributed by atoms with Gasteiger partial charge < -0.3 is 0 Å². The highest BCUT2D eigenvalue weighted by molar-refractivity contribution is 9.09. The van der Waals surface area contributed by atoms with Crippen molar-refractivity contribution >= 4 is 22.0 Å². The van der Waals surface area contributed by atoms with E-state index in [1.165, 1.54) is 11.1 Å². The van der Waals surface area contributed by atoms with E-state index < -0.39 is 0 Å². The van der Waals surface area contributed by atoms with Crippen molar-refractivity contribution in [3.05, 3.63) is 53.6 Å². The highest BCUT2D eigenvalue weighted by atomic mass is 79.9. The van der Waals surface area contributed by atoms with E-state index in [0.29, 0.717) is 10.7 Å². The maximum Gasteiger partial charge on any atom is 0.0429 e. The molecule has 2 rings (SSSR count). The monoisotopic (exact) mass is 247 g/mol. The smallest absolute Gasteiger partial charge is 0.0429 e. The van der Waals surface area contributed by atoms with E-state index in [-0.39, 0.29) is 0 Å². The van der Waals surface area contributed by atoms with Crippen LogP contribution in [-0.2, 0) is 0 Å². The molecule has 0 aliphatic heterocycles. The van der Waals surface area contributed by atoms with Crippen molar-refractivity contribution < 1.29 is 0 Å². The van der Waals surface area contributed by atoms with E-state index in [0.717, 1.165) is 0 Å². The van der Waals surface area contributed by atoms with Crippen molar-refractivity contribution in [3.63, 3.8) is 0 Å². The number of hydrogen-bond acceptors (Lipinski definition) is 0. The number of fused-ring (bicyclic) bond motifs is 1. The standard InChI is InChI=1S/C13H12Br/c1-2-5-13(14)12-9-8-10-6-3-4-7-11(10)12/h2,4-9,12-13H,1H3. The molecule has 0 heterocycles. The highest BCUT2D eigenvalue weighted by Crippen LogP contribution is 2.35. The van der Waals surface area contributed by atoms with Crippen LogP contribution in [0.25, 0.3) is 6.08 Å². The van der Waals surface area contributed by atoms with Crippen LogP contribution in [0, 0.1) is 6.07 Å². The molecule has 14 heavy (non-hydrogen) atoms. The van der Waals surface area contributed by atoms with Gasteiger partial charge in [-0.1, -0.05) is 52.4 Å². The first kappa shape index (κ1) is 9.72.